The van der Waals surface area contributed by atoms with Crippen LogP contribution in [0.15, 0.2) is 30.4 Å². The second kappa shape index (κ2) is 7.59. The number of allylic oxidation sites excluding steroid dienone is 2. The van der Waals surface area contributed by atoms with E-state index in [1.807, 2.05) is 12.2 Å². The van der Waals surface area contributed by atoms with Gasteiger partial charge in [0.1, 0.15) is 11.5 Å². The molecule has 1 aromatic rings. The highest BCUT2D eigenvalue weighted by Gasteiger charge is 2.46. The van der Waals surface area contributed by atoms with E-state index in [2.05, 4.69) is 5.32 Å². The standard InChI is InChI=1S/C19H22N2O5/c1-25-13-9-12(10-14(11-13)26-2)20-17(22)7-8-21-18(23)15-5-3-4-6-16(15)19(21)24/h3-4,9-11,15-16H,5-8H2,1-2H3,(H,20,22). The van der Waals surface area contributed by atoms with E-state index < -0.39 is 0 Å². The number of nitrogens with zero attached hydrogens (tertiary/aromatic N) is 1. The predicted molar refractivity (Wildman–Crippen MR) is 94.9 cm³/mol. The zero-order valence-corrected chi connectivity index (χ0v) is 14.9. The molecule has 0 saturated carbocycles. The third-order valence-electron chi connectivity index (χ3n) is 4.80. The number of rotatable bonds is 6. The van der Waals surface area contributed by atoms with Gasteiger partial charge in [0.05, 0.1) is 26.1 Å². The van der Waals surface area contributed by atoms with Gasteiger partial charge < -0.3 is 14.8 Å². The summed E-state index contributed by atoms with van der Waals surface area (Å²) in [5.41, 5.74) is 0.531. The summed E-state index contributed by atoms with van der Waals surface area (Å²) in [5, 5.41) is 2.75. The maximum absolute atomic E-state index is 12.4. The quantitative estimate of drug-likeness (QED) is 0.621. The second-order valence-electron chi connectivity index (χ2n) is 6.38. The minimum Gasteiger partial charge on any atom is -0.497 e. The average molecular weight is 358 g/mol. The number of fused-ring (bicyclic) bond motifs is 1. The molecular formula is C19H22N2O5. The number of methoxy groups -OCH3 is 2. The fourth-order valence-electron chi connectivity index (χ4n) is 3.41. The number of carbonyl (C=O) groups excluding carboxylic acids is 3. The summed E-state index contributed by atoms with van der Waals surface area (Å²) in [5.74, 6) is -0.0343. The molecule has 0 aromatic heterocycles. The zero-order chi connectivity index (χ0) is 18.7. The number of imide groups is 1. The lowest BCUT2D eigenvalue weighted by Crippen LogP contribution is -2.34. The number of carbonyl (C=O) groups is 3. The van der Waals surface area contributed by atoms with Crippen LogP contribution in [0.5, 0.6) is 11.5 Å². The van der Waals surface area contributed by atoms with E-state index in [0.29, 0.717) is 30.0 Å². The highest BCUT2D eigenvalue weighted by Crippen LogP contribution is 2.35. The summed E-state index contributed by atoms with van der Waals surface area (Å²) >= 11 is 0. The number of nitrogens with one attached hydrogen (secondary N) is 1. The molecule has 0 radical (unpaired) electrons. The van der Waals surface area contributed by atoms with E-state index >= 15 is 0 Å². The first-order valence-corrected chi connectivity index (χ1v) is 8.56. The van der Waals surface area contributed by atoms with Gasteiger partial charge in [0.25, 0.3) is 0 Å². The molecule has 3 amide bonds. The van der Waals surface area contributed by atoms with E-state index in [4.69, 9.17) is 9.47 Å². The van der Waals surface area contributed by atoms with Crippen molar-refractivity contribution in [1.82, 2.24) is 4.90 Å². The third-order valence-corrected chi connectivity index (χ3v) is 4.80. The van der Waals surface area contributed by atoms with E-state index in [1.54, 1.807) is 18.2 Å². The van der Waals surface area contributed by atoms with E-state index in [9.17, 15) is 14.4 Å². The van der Waals surface area contributed by atoms with Crippen LogP contribution in [0.1, 0.15) is 19.3 Å². The largest absolute Gasteiger partial charge is 0.497 e. The number of anilines is 1. The van der Waals surface area contributed by atoms with Crippen molar-refractivity contribution in [1.29, 1.82) is 0 Å². The summed E-state index contributed by atoms with van der Waals surface area (Å²) in [6.07, 6.45) is 5.13. The van der Waals surface area contributed by atoms with Crippen LogP contribution in [0.2, 0.25) is 0 Å². The summed E-state index contributed by atoms with van der Waals surface area (Å²) in [6.45, 7) is 0.0948. The average Bonchev–Trinajstić information content (AvgIpc) is 2.90. The molecule has 2 unspecified atom stereocenters. The van der Waals surface area contributed by atoms with Gasteiger partial charge in [-0.3, -0.25) is 19.3 Å². The first-order valence-electron chi connectivity index (χ1n) is 8.56. The smallest absolute Gasteiger partial charge is 0.233 e. The topological polar surface area (TPSA) is 84.9 Å². The Morgan fingerprint density at radius 1 is 1.04 bits per heavy atom. The van der Waals surface area contributed by atoms with E-state index in [0.717, 1.165) is 0 Å². The normalized spacial score (nSPS) is 21.5. The molecule has 2 aliphatic rings. The van der Waals surface area contributed by atoms with Crippen molar-refractivity contribution in [3.63, 3.8) is 0 Å². The number of hydrogen-bond acceptors (Lipinski definition) is 5. The van der Waals surface area contributed by atoms with Crippen molar-refractivity contribution in [2.75, 3.05) is 26.1 Å². The molecule has 138 valence electrons. The Hall–Kier alpha value is -2.83. The molecule has 0 bridgehead atoms. The molecule has 1 N–H and O–H groups in total. The SMILES string of the molecule is COc1cc(NC(=O)CCN2C(=O)C3CC=CCC3C2=O)cc(OC)c1. The van der Waals surface area contributed by atoms with E-state index in [-0.39, 0.29) is 42.5 Å². The van der Waals surface area contributed by atoms with Crippen molar-refractivity contribution >= 4 is 23.4 Å². The van der Waals surface area contributed by atoms with Crippen molar-refractivity contribution < 1.29 is 23.9 Å². The van der Waals surface area contributed by atoms with Crippen LogP contribution in [0, 0.1) is 11.8 Å². The van der Waals surface area contributed by atoms with Gasteiger partial charge in [-0.05, 0) is 12.8 Å². The molecule has 1 aliphatic carbocycles. The Bertz CT molecular complexity index is 710. The van der Waals surface area contributed by atoms with Crippen LogP contribution in [-0.4, -0.2) is 43.4 Å². The Morgan fingerprint density at radius 2 is 1.58 bits per heavy atom. The predicted octanol–water partition coefficient (Wildman–Crippen LogP) is 1.98. The van der Waals surface area contributed by atoms with Gasteiger partial charge in [-0.15, -0.1) is 0 Å². The van der Waals surface area contributed by atoms with Crippen molar-refractivity contribution in [2.45, 2.75) is 19.3 Å². The maximum Gasteiger partial charge on any atom is 0.233 e. The van der Waals surface area contributed by atoms with Gasteiger partial charge in [0.15, 0.2) is 0 Å². The van der Waals surface area contributed by atoms with Crippen LogP contribution < -0.4 is 14.8 Å². The molecule has 1 saturated heterocycles. The van der Waals surface area contributed by atoms with Crippen molar-refractivity contribution in [3.8, 4) is 11.5 Å². The molecule has 1 aromatic carbocycles. The summed E-state index contributed by atoms with van der Waals surface area (Å²) < 4.78 is 10.3. The van der Waals surface area contributed by atoms with Crippen LogP contribution in [0.4, 0.5) is 5.69 Å². The monoisotopic (exact) mass is 358 g/mol. The van der Waals surface area contributed by atoms with Gasteiger partial charge in [0, 0.05) is 36.9 Å². The van der Waals surface area contributed by atoms with Crippen LogP contribution >= 0.6 is 0 Å². The molecule has 2 atom stereocenters. The first kappa shape index (κ1) is 18.0. The molecule has 1 aliphatic heterocycles. The molecule has 3 rings (SSSR count). The molecule has 26 heavy (non-hydrogen) atoms. The highest BCUT2D eigenvalue weighted by molar-refractivity contribution is 6.05. The number of amides is 3. The molecule has 7 nitrogen and oxygen atoms in total. The number of benzene rings is 1. The second-order valence-corrected chi connectivity index (χ2v) is 6.38. The van der Waals surface area contributed by atoms with Gasteiger partial charge in [-0.1, -0.05) is 12.2 Å². The molecule has 1 heterocycles. The minimum atomic E-state index is -0.283. The van der Waals surface area contributed by atoms with Crippen LogP contribution in [-0.2, 0) is 14.4 Å². The number of ether oxygens (including phenoxy) is 2. The summed E-state index contributed by atoms with van der Waals surface area (Å²) in [4.78, 5) is 38.3. The molecule has 1 fully saturated rings. The van der Waals surface area contributed by atoms with Crippen LogP contribution in [0.3, 0.4) is 0 Å². The Balaban J connectivity index is 1.59. The van der Waals surface area contributed by atoms with Crippen molar-refractivity contribution in [3.05, 3.63) is 30.4 Å². The lowest BCUT2D eigenvalue weighted by atomic mass is 9.85. The Morgan fingerprint density at radius 3 is 2.08 bits per heavy atom. The molecule has 0 spiro atoms. The Labute approximate surface area is 151 Å². The van der Waals surface area contributed by atoms with Gasteiger partial charge in [0.2, 0.25) is 17.7 Å². The highest BCUT2D eigenvalue weighted by atomic mass is 16.5. The van der Waals surface area contributed by atoms with E-state index in [1.165, 1.54) is 19.1 Å². The van der Waals surface area contributed by atoms with Crippen molar-refractivity contribution in [2.24, 2.45) is 11.8 Å². The number of hydrogen-bond donors (Lipinski definition) is 1. The Kier molecular flexibility index (Phi) is 5.25. The maximum atomic E-state index is 12.4. The lowest BCUT2D eigenvalue weighted by Gasteiger charge is -2.15. The number of likely N-dealkylation sites (tertiary alicyclic amines) is 1. The molecular weight excluding hydrogens is 336 g/mol. The van der Waals surface area contributed by atoms with Gasteiger partial charge in [-0.25, -0.2) is 0 Å². The van der Waals surface area contributed by atoms with Gasteiger partial charge in [-0.2, -0.15) is 0 Å². The first-order chi connectivity index (χ1) is 12.5. The fourth-order valence-corrected chi connectivity index (χ4v) is 3.41. The molecule has 7 heteroatoms. The summed E-state index contributed by atoms with van der Waals surface area (Å²) in [6, 6.07) is 5.05. The summed E-state index contributed by atoms with van der Waals surface area (Å²) in [7, 11) is 3.05. The zero-order valence-electron chi connectivity index (χ0n) is 14.9. The fraction of sp³-hybridized carbons (Fsp3) is 0.421. The third kappa shape index (κ3) is 3.56. The van der Waals surface area contributed by atoms with Gasteiger partial charge >= 0.3 is 0 Å². The van der Waals surface area contributed by atoms with Crippen LogP contribution in [0.25, 0.3) is 0 Å². The lowest BCUT2D eigenvalue weighted by molar-refractivity contribution is -0.140. The minimum absolute atomic E-state index is 0.0455.